The van der Waals surface area contributed by atoms with Crippen LogP contribution in [0, 0.1) is 24.2 Å². The van der Waals surface area contributed by atoms with Crippen molar-refractivity contribution in [2.24, 2.45) is 17.6 Å². The second-order valence-corrected chi connectivity index (χ2v) is 3.85. The monoisotopic (exact) mass is 205 g/mol. The van der Waals surface area contributed by atoms with E-state index in [1.807, 2.05) is 0 Å². The van der Waals surface area contributed by atoms with Gasteiger partial charge in [0.1, 0.15) is 0 Å². The Labute approximate surface area is 81.9 Å². The maximum Gasteiger partial charge on any atom is 0.391 e. The van der Waals surface area contributed by atoms with Crippen LogP contribution in [0.4, 0.5) is 13.2 Å². The topological polar surface area (TPSA) is 26.0 Å². The number of hydrogen-bond donors (Lipinski definition) is 1. The van der Waals surface area contributed by atoms with Crippen LogP contribution in [-0.4, -0.2) is 12.2 Å². The molecule has 0 radical (unpaired) electrons. The first-order valence-corrected chi connectivity index (χ1v) is 4.73. The van der Waals surface area contributed by atoms with E-state index in [9.17, 15) is 13.2 Å². The summed E-state index contributed by atoms with van der Waals surface area (Å²) in [4.78, 5) is 0. The fourth-order valence-corrected chi connectivity index (χ4v) is 1.94. The van der Waals surface area contributed by atoms with E-state index in [2.05, 4.69) is 5.92 Å². The van der Waals surface area contributed by atoms with Gasteiger partial charge in [-0.25, -0.2) is 0 Å². The molecule has 0 aromatic carbocycles. The summed E-state index contributed by atoms with van der Waals surface area (Å²) in [6.07, 6.45) is 2.41. The number of rotatable bonds is 1. The molecule has 14 heavy (non-hydrogen) atoms. The van der Waals surface area contributed by atoms with Gasteiger partial charge in [0.15, 0.2) is 0 Å². The molecule has 1 aliphatic carbocycles. The number of terminal acetylenes is 1. The summed E-state index contributed by atoms with van der Waals surface area (Å²) in [6, 6.07) is -0.385. The van der Waals surface area contributed by atoms with Crippen molar-refractivity contribution < 1.29 is 13.2 Å². The number of nitrogens with two attached hydrogens (primary N) is 1. The summed E-state index contributed by atoms with van der Waals surface area (Å²) >= 11 is 0. The first kappa shape index (κ1) is 11.4. The van der Waals surface area contributed by atoms with E-state index < -0.39 is 12.1 Å². The third kappa shape index (κ3) is 2.65. The maximum atomic E-state index is 12.3. The molecule has 1 nitrogen and oxygen atoms in total. The van der Waals surface area contributed by atoms with Gasteiger partial charge in [-0.3, -0.25) is 0 Å². The molecular formula is C10H14F3N. The van der Waals surface area contributed by atoms with Crippen molar-refractivity contribution in [2.45, 2.75) is 37.9 Å². The van der Waals surface area contributed by atoms with Gasteiger partial charge in [-0.15, -0.1) is 6.42 Å². The van der Waals surface area contributed by atoms with Crippen molar-refractivity contribution in [3.63, 3.8) is 0 Å². The first-order valence-electron chi connectivity index (χ1n) is 4.73. The summed E-state index contributed by atoms with van der Waals surface area (Å²) in [5, 5.41) is 0. The molecule has 0 bridgehead atoms. The molecule has 0 saturated heterocycles. The average molecular weight is 205 g/mol. The number of alkyl halides is 3. The smallest absolute Gasteiger partial charge is 0.317 e. The Hall–Kier alpha value is -0.690. The molecular weight excluding hydrogens is 191 g/mol. The second kappa shape index (κ2) is 4.22. The molecule has 1 rings (SSSR count). The highest BCUT2D eigenvalue weighted by molar-refractivity contribution is 5.01. The zero-order valence-electron chi connectivity index (χ0n) is 7.85. The van der Waals surface area contributed by atoms with Crippen molar-refractivity contribution in [3.8, 4) is 12.3 Å². The Kier molecular flexibility index (Phi) is 3.43. The lowest BCUT2D eigenvalue weighted by molar-refractivity contribution is -0.184. The summed E-state index contributed by atoms with van der Waals surface area (Å²) in [7, 11) is 0. The minimum absolute atomic E-state index is 0.0681. The summed E-state index contributed by atoms with van der Waals surface area (Å²) in [5.41, 5.74) is 5.58. The molecule has 4 heteroatoms. The quantitative estimate of drug-likeness (QED) is 0.653. The average Bonchev–Trinajstić information content (AvgIpc) is 2.15. The molecule has 80 valence electrons. The van der Waals surface area contributed by atoms with Gasteiger partial charge < -0.3 is 5.73 Å². The van der Waals surface area contributed by atoms with Crippen LogP contribution < -0.4 is 5.73 Å². The van der Waals surface area contributed by atoms with E-state index in [-0.39, 0.29) is 24.8 Å². The molecule has 0 amide bonds. The molecule has 2 N–H and O–H groups in total. The van der Waals surface area contributed by atoms with E-state index >= 15 is 0 Å². The molecule has 0 aliphatic heterocycles. The van der Waals surface area contributed by atoms with E-state index in [0.29, 0.717) is 12.8 Å². The van der Waals surface area contributed by atoms with Gasteiger partial charge in [0.05, 0.1) is 12.0 Å². The summed E-state index contributed by atoms with van der Waals surface area (Å²) in [5.74, 6) is 1.30. The van der Waals surface area contributed by atoms with Crippen LogP contribution in [0.25, 0.3) is 0 Å². The van der Waals surface area contributed by atoms with Crippen LogP contribution in [0.2, 0.25) is 0 Å². The largest absolute Gasteiger partial charge is 0.391 e. The summed E-state index contributed by atoms with van der Waals surface area (Å²) in [6.45, 7) is 0. The van der Waals surface area contributed by atoms with Crippen molar-refractivity contribution in [1.82, 2.24) is 0 Å². The van der Waals surface area contributed by atoms with Crippen molar-refractivity contribution >= 4 is 0 Å². The molecule has 0 spiro atoms. The molecule has 1 fully saturated rings. The number of halogens is 3. The molecule has 0 aromatic rings. The van der Waals surface area contributed by atoms with Gasteiger partial charge in [0.25, 0.3) is 0 Å². The predicted molar refractivity (Wildman–Crippen MR) is 48.3 cm³/mol. The van der Waals surface area contributed by atoms with E-state index in [0.717, 1.165) is 0 Å². The number of hydrogen-bond acceptors (Lipinski definition) is 1. The van der Waals surface area contributed by atoms with Crippen LogP contribution in [0.5, 0.6) is 0 Å². The first-order chi connectivity index (χ1) is 6.45. The normalized spacial score (nSPS) is 30.8. The third-order valence-corrected chi connectivity index (χ3v) is 2.94. The zero-order valence-corrected chi connectivity index (χ0v) is 7.85. The zero-order chi connectivity index (χ0) is 10.8. The van der Waals surface area contributed by atoms with Gasteiger partial charge in [-0.2, -0.15) is 13.2 Å². The Morgan fingerprint density at radius 3 is 2.07 bits per heavy atom. The third-order valence-electron chi connectivity index (χ3n) is 2.94. The Bertz CT molecular complexity index is 221. The maximum absolute atomic E-state index is 12.3. The lowest BCUT2D eigenvalue weighted by Gasteiger charge is -2.31. The van der Waals surface area contributed by atoms with Crippen molar-refractivity contribution in [3.05, 3.63) is 0 Å². The Balaban J connectivity index is 2.43. The van der Waals surface area contributed by atoms with Gasteiger partial charge in [0, 0.05) is 0 Å². The molecule has 0 aromatic heterocycles. The van der Waals surface area contributed by atoms with Crippen molar-refractivity contribution in [1.29, 1.82) is 0 Å². The van der Waals surface area contributed by atoms with Gasteiger partial charge >= 0.3 is 6.18 Å². The van der Waals surface area contributed by atoms with Crippen LogP contribution in [0.15, 0.2) is 0 Å². The highest BCUT2D eigenvalue weighted by atomic mass is 19.4. The Morgan fingerprint density at radius 1 is 1.21 bits per heavy atom. The second-order valence-electron chi connectivity index (χ2n) is 3.85. The van der Waals surface area contributed by atoms with Crippen LogP contribution >= 0.6 is 0 Å². The lowest BCUT2D eigenvalue weighted by atomic mass is 9.78. The van der Waals surface area contributed by atoms with E-state index in [1.54, 1.807) is 0 Å². The van der Waals surface area contributed by atoms with Gasteiger partial charge in [-0.05, 0) is 31.6 Å². The highest BCUT2D eigenvalue weighted by Gasteiger charge is 2.41. The molecule has 1 atom stereocenters. The lowest BCUT2D eigenvalue weighted by Crippen LogP contribution is -2.35. The van der Waals surface area contributed by atoms with Crippen LogP contribution in [-0.2, 0) is 0 Å². The molecule has 0 heterocycles. The minimum atomic E-state index is -4.05. The van der Waals surface area contributed by atoms with Gasteiger partial charge in [-0.1, -0.05) is 5.92 Å². The fraction of sp³-hybridized carbons (Fsp3) is 0.800. The standard InChI is InChI=1S/C10H14F3N/c1-2-9(14)7-3-5-8(6-4-7)10(11,12)13/h1,7-9H,3-6,14H2/t7?,8?,9-/m1/s1. The van der Waals surface area contributed by atoms with E-state index in [1.165, 1.54) is 0 Å². The molecule has 1 aliphatic rings. The summed E-state index contributed by atoms with van der Waals surface area (Å²) < 4.78 is 36.8. The Morgan fingerprint density at radius 2 is 1.71 bits per heavy atom. The van der Waals surface area contributed by atoms with Gasteiger partial charge in [0.2, 0.25) is 0 Å². The predicted octanol–water partition coefficient (Wildman–Crippen LogP) is 2.32. The highest BCUT2D eigenvalue weighted by Crippen LogP contribution is 2.39. The van der Waals surface area contributed by atoms with E-state index in [4.69, 9.17) is 12.2 Å². The van der Waals surface area contributed by atoms with Crippen molar-refractivity contribution in [2.75, 3.05) is 0 Å². The molecule has 0 unspecified atom stereocenters. The SMILES string of the molecule is C#C[C@@H](N)C1CCC(C(F)(F)F)CC1. The fourth-order valence-electron chi connectivity index (χ4n) is 1.94. The van der Waals surface area contributed by atoms with Crippen LogP contribution in [0.1, 0.15) is 25.7 Å². The molecule has 1 saturated carbocycles. The van der Waals surface area contributed by atoms with Crippen LogP contribution in [0.3, 0.4) is 0 Å². The minimum Gasteiger partial charge on any atom is -0.317 e.